The van der Waals surface area contributed by atoms with Gasteiger partial charge >= 0.3 is 0 Å². The lowest BCUT2D eigenvalue weighted by atomic mass is 9.64. The summed E-state index contributed by atoms with van der Waals surface area (Å²) in [5.41, 5.74) is 0. The monoisotopic (exact) mass is 180 g/mol. The highest BCUT2D eigenvalue weighted by Gasteiger charge is 2.33. The maximum absolute atomic E-state index is 2.35. The second-order valence-electron chi connectivity index (χ2n) is 5.19. The van der Waals surface area contributed by atoms with E-state index < -0.39 is 0 Å². The van der Waals surface area contributed by atoms with E-state index in [1.54, 1.807) is 25.7 Å². The minimum absolute atomic E-state index is 1.11. The average molecular weight is 180 g/mol. The number of fused-ring (bicyclic) bond motifs is 1. The summed E-state index contributed by atoms with van der Waals surface area (Å²) in [4.78, 5) is 0. The van der Waals surface area contributed by atoms with Crippen LogP contribution < -0.4 is 0 Å². The van der Waals surface area contributed by atoms with Gasteiger partial charge in [-0.1, -0.05) is 58.3 Å². The Labute approximate surface area is 83.1 Å². The summed E-state index contributed by atoms with van der Waals surface area (Å²) in [5, 5.41) is 0. The molecule has 76 valence electrons. The molecule has 0 aromatic carbocycles. The second kappa shape index (κ2) is 4.48. The van der Waals surface area contributed by atoms with Crippen LogP contribution in [-0.2, 0) is 0 Å². The lowest BCUT2D eigenvalue weighted by Gasteiger charge is -2.41. The van der Waals surface area contributed by atoms with Crippen molar-refractivity contribution < 1.29 is 0 Å². The van der Waals surface area contributed by atoms with Crippen molar-refractivity contribution in [3.63, 3.8) is 0 Å². The van der Waals surface area contributed by atoms with Gasteiger partial charge in [0.2, 0.25) is 0 Å². The Balaban J connectivity index is 1.94. The van der Waals surface area contributed by atoms with Crippen molar-refractivity contribution in [2.45, 2.75) is 64.7 Å². The van der Waals surface area contributed by atoms with Crippen molar-refractivity contribution in [2.75, 3.05) is 0 Å². The Kier molecular flexibility index (Phi) is 3.29. The fourth-order valence-corrected chi connectivity index (χ4v) is 3.80. The molecule has 2 saturated carbocycles. The van der Waals surface area contributed by atoms with Gasteiger partial charge in [0.15, 0.2) is 0 Å². The molecule has 2 fully saturated rings. The smallest absolute Gasteiger partial charge is 0.0357 e. The van der Waals surface area contributed by atoms with Gasteiger partial charge < -0.3 is 0 Å². The van der Waals surface area contributed by atoms with Crippen LogP contribution >= 0.6 is 0 Å². The first kappa shape index (κ1) is 9.55. The molecule has 3 atom stereocenters. The van der Waals surface area contributed by atoms with Crippen LogP contribution in [0.1, 0.15) is 64.7 Å². The molecule has 0 aliphatic heterocycles. The molecular formula is C13H24. The van der Waals surface area contributed by atoms with Crippen LogP contribution in [0.15, 0.2) is 0 Å². The van der Waals surface area contributed by atoms with Gasteiger partial charge in [0.1, 0.15) is 0 Å². The summed E-state index contributed by atoms with van der Waals surface area (Å²) in [5.74, 6) is 3.39. The van der Waals surface area contributed by atoms with Crippen LogP contribution in [0.5, 0.6) is 0 Å². The normalized spacial score (nSPS) is 39.9. The molecule has 0 nitrogen and oxygen atoms in total. The third kappa shape index (κ3) is 2.08. The van der Waals surface area contributed by atoms with Gasteiger partial charge in [0.05, 0.1) is 0 Å². The summed E-state index contributed by atoms with van der Waals surface area (Å²) < 4.78 is 0. The Morgan fingerprint density at radius 1 is 0.923 bits per heavy atom. The fraction of sp³-hybridized carbons (Fsp3) is 1.00. The van der Waals surface area contributed by atoms with Crippen molar-refractivity contribution in [1.29, 1.82) is 0 Å². The standard InChI is InChI=1S/C13H24/c1-2-6-11-8-5-9-12-7-3-4-10-13(11)12/h11-13H,2-10H2,1H3/t11?,12-,13+/m1/s1. The van der Waals surface area contributed by atoms with E-state index in [4.69, 9.17) is 0 Å². The fourth-order valence-electron chi connectivity index (χ4n) is 3.80. The predicted octanol–water partition coefficient (Wildman–Crippen LogP) is 4.39. The highest BCUT2D eigenvalue weighted by atomic mass is 14.4. The Bertz CT molecular complexity index is 146. The molecule has 0 spiro atoms. The third-order valence-corrected chi connectivity index (χ3v) is 4.38. The zero-order chi connectivity index (χ0) is 9.10. The maximum Gasteiger partial charge on any atom is -0.0357 e. The van der Waals surface area contributed by atoms with Gasteiger partial charge in [0.25, 0.3) is 0 Å². The van der Waals surface area contributed by atoms with Crippen molar-refractivity contribution in [2.24, 2.45) is 17.8 Å². The molecule has 0 saturated heterocycles. The Morgan fingerprint density at radius 2 is 1.69 bits per heavy atom. The molecule has 0 heterocycles. The zero-order valence-corrected chi connectivity index (χ0v) is 9.10. The van der Waals surface area contributed by atoms with Crippen molar-refractivity contribution >= 4 is 0 Å². The molecule has 2 aliphatic rings. The van der Waals surface area contributed by atoms with Crippen LogP contribution in [0.4, 0.5) is 0 Å². The molecular weight excluding hydrogens is 156 g/mol. The molecule has 0 aromatic heterocycles. The lowest BCUT2D eigenvalue weighted by Crippen LogP contribution is -2.30. The SMILES string of the molecule is CCCC1CCC[C@H]2CCCC[C@@H]12. The predicted molar refractivity (Wildman–Crippen MR) is 57.7 cm³/mol. The summed E-state index contributed by atoms with van der Waals surface area (Å²) >= 11 is 0. The largest absolute Gasteiger partial charge is 0.0654 e. The van der Waals surface area contributed by atoms with Crippen molar-refractivity contribution in [1.82, 2.24) is 0 Å². The van der Waals surface area contributed by atoms with Gasteiger partial charge in [-0.2, -0.15) is 0 Å². The molecule has 0 aromatic rings. The summed E-state index contributed by atoms with van der Waals surface area (Å²) in [6.45, 7) is 2.35. The van der Waals surface area contributed by atoms with Gasteiger partial charge in [0, 0.05) is 0 Å². The summed E-state index contributed by atoms with van der Waals surface area (Å²) in [6, 6.07) is 0. The maximum atomic E-state index is 2.35. The van der Waals surface area contributed by atoms with Crippen LogP contribution in [0.3, 0.4) is 0 Å². The molecule has 2 rings (SSSR count). The van der Waals surface area contributed by atoms with Crippen LogP contribution in [0, 0.1) is 17.8 Å². The van der Waals surface area contributed by atoms with Gasteiger partial charge in [-0.3, -0.25) is 0 Å². The number of hydrogen-bond acceptors (Lipinski definition) is 0. The number of rotatable bonds is 2. The minimum atomic E-state index is 1.11. The van der Waals surface area contributed by atoms with E-state index >= 15 is 0 Å². The van der Waals surface area contributed by atoms with Crippen molar-refractivity contribution in [3.05, 3.63) is 0 Å². The van der Waals surface area contributed by atoms with Gasteiger partial charge in [-0.05, 0) is 24.2 Å². The van der Waals surface area contributed by atoms with Gasteiger partial charge in [-0.15, -0.1) is 0 Å². The molecule has 0 bridgehead atoms. The first-order valence-corrected chi connectivity index (χ1v) is 6.42. The lowest BCUT2D eigenvalue weighted by molar-refractivity contribution is 0.0975. The van der Waals surface area contributed by atoms with E-state index in [1.165, 1.54) is 32.1 Å². The first-order valence-electron chi connectivity index (χ1n) is 6.42. The van der Waals surface area contributed by atoms with Crippen molar-refractivity contribution in [3.8, 4) is 0 Å². The Hall–Kier alpha value is 0. The molecule has 13 heavy (non-hydrogen) atoms. The van der Waals surface area contributed by atoms with Crippen LogP contribution in [0.2, 0.25) is 0 Å². The average Bonchev–Trinajstić information content (AvgIpc) is 2.19. The highest BCUT2D eigenvalue weighted by molar-refractivity contribution is 4.84. The molecule has 0 radical (unpaired) electrons. The van der Waals surface area contributed by atoms with Gasteiger partial charge in [-0.25, -0.2) is 0 Å². The van der Waals surface area contributed by atoms with E-state index in [2.05, 4.69) is 6.92 Å². The van der Waals surface area contributed by atoms with E-state index in [9.17, 15) is 0 Å². The Morgan fingerprint density at radius 3 is 2.54 bits per heavy atom. The molecule has 0 N–H and O–H groups in total. The van der Waals surface area contributed by atoms with E-state index in [0.29, 0.717) is 0 Å². The summed E-state index contributed by atoms with van der Waals surface area (Å²) in [7, 11) is 0. The molecule has 1 unspecified atom stereocenters. The minimum Gasteiger partial charge on any atom is -0.0654 e. The van der Waals surface area contributed by atoms with Crippen LogP contribution in [-0.4, -0.2) is 0 Å². The zero-order valence-electron chi connectivity index (χ0n) is 9.10. The third-order valence-electron chi connectivity index (χ3n) is 4.38. The summed E-state index contributed by atoms with van der Waals surface area (Å²) in [6.07, 6.45) is 13.8. The van der Waals surface area contributed by atoms with Crippen LogP contribution in [0.25, 0.3) is 0 Å². The van der Waals surface area contributed by atoms with E-state index in [1.807, 2.05) is 0 Å². The quantitative estimate of drug-likeness (QED) is 0.591. The molecule has 0 heteroatoms. The highest BCUT2D eigenvalue weighted by Crippen LogP contribution is 2.45. The first-order chi connectivity index (χ1) is 6.42. The number of hydrogen-bond donors (Lipinski definition) is 0. The van der Waals surface area contributed by atoms with E-state index in [0.717, 1.165) is 17.8 Å². The molecule has 0 amide bonds. The molecule has 2 aliphatic carbocycles. The topological polar surface area (TPSA) is 0 Å². The van der Waals surface area contributed by atoms with E-state index in [-0.39, 0.29) is 0 Å². The second-order valence-corrected chi connectivity index (χ2v) is 5.19.